The highest BCUT2D eigenvalue weighted by Gasteiger charge is 2.31. The molecule has 1 amide bonds. The van der Waals surface area contributed by atoms with Gasteiger partial charge in [-0.1, -0.05) is 84.6 Å². The van der Waals surface area contributed by atoms with Crippen LogP contribution in [0.15, 0.2) is 89.8 Å². The summed E-state index contributed by atoms with van der Waals surface area (Å²) in [5.41, 5.74) is 1.95. The van der Waals surface area contributed by atoms with E-state index in [1.54, 1.807) is 4.90 Å². The van der Waals surface area contributed by atoms with Gasteiger partial charge in [0.2, 0.25) is 0 Å². The van der Waals surface area contributed by atoms with Gasteiger partial charge in [-0.25, -0.2) is 0 Å². The molecule has 0 saturated carbocycles. The molecule has 0 atom stereocenters. The quantitative estimate of drug-likeness (QED) is 0.393. The average Bonchev–Trinajstić information content (AvgIpc) is 2.97. The van der Waals surface area contributed by atoms with Gasteiger partial charge in [0.05, 0.1) is 11.4 Å². The van der Waals surface area contributed by atoms with Crippen molar-refractivity contribution in [1.29, 1.82) is 0 Å². The Kier molecular flexibility index (Phi) is 5.55. The first-order chi connectivity index (χ1) is 13.7. The summed E-state index contributed by atoms with van der Waals surface area (Å²) in [5, 5.41) is 0. The summed E-state index contributed by atoms with van der Waals surface area (Å²) in [6.07, 6.45) is 1.86. The zero-order valence-electron chi connectivity index (χ0n) is 14.9. The SMILES string of the molecule is O=C1/C(=C\c2cccc(Oc3ccccc3)c2)SC(=S)N1Cc1ccccc1. The van der Waals surface area contributed by atoms with Crippen molar-refractivity contribution in [2.75, 3.05) is 0 Å². The molecule has 138 valence electrons. The highest BCUT2D eigenvalue weighted by molar-refractivity contribution is 8.26. The number of amides is 1. The van der Waals surface area contributed by atoms with E-state index >= 15 is 0 Å². The Bertz CT molecular complexity index is 1030. The second-order valence-corrected chi connectivity index (χ2v) is 7.92. The summed E-state index contributed by atoms with van der Waals surface area (Å²) in [7, 11) is 0. The predicted octanol–water partition coefficient (Wildman–Crippen LogP) is 5.88. The van der Waals surface area contributed by atoms with Gasteiger partial charge in [-0.3, -0.25) is 9.69 Å². The maximum atomic E-state index is 12.8. The lowest BCUT2D eigenvalue weighted by atomic mass is 10.2. The molecule has 28 heavy (non-hydrogen) atoms. The van der Waals surface area contributed by atoms with Crippen molar-refractivity contribution in [2.24, 2.45) is 0 Å². The van der Waals surface area contributed by atoms with E-state index in [1.807, 2.05) is 91.0 Å². The van der Waals surface area contributed by atoms with Crippen LogP contribution in [-0.2, 0) is 11.3 Å². The smallest absolute Gasteiger partial charge is 0.266 e. The molecule has 0 radical (unpaired) electrons. The minimum Gasteiger partial charge on any atom is -0.457 e. The summed E-state index contributed by atoms with van der Waals surface area (Å²) in [5.74, 6) is 1.43. The van der Waals surface area contributed by atoms with Crippen molar-refractivity contribution in [2.45, 2.75) is 6.54 Å². The van der Waals surface area contributed by atoms with Crippen LogP contribution in [0.3, 0.4) is 0 Å². The van der Waals surface area contributed by atoms with Crippen molar-refractivity contribution in [3.05, 3.63) is 101 Å². The molecule has 1 heterocycles. The molecule has 0 bridgehead atoms. The molecule has 1 aliphatic heterocycles. The normalized spacial score (nSPS) is 15.3. The van der Waals surface area contributed by atoms with Crippen LogP contribution in [0, 0.1) is 0 Å². The van der Waals surface area contributed by atoms with Gasteiger partial charge in [0.15, 0.2) is 0 Å². The molecule has 0 N–H and O–H groups in total. The summed E-state index contributed by atoms with van der Waals surface area (Å²) in [6, 6.07) is 27.1. The molecule has 5 heteroatoms. The summed E-state index contributed by atoms with van der Waals surface area (Å²) in [6.45, 7) is 0.486. The second kappa shape index (κ2) is 8.42. The molecule has 3 aromatic rings. The number of carbonyl (C=O) groups is 1. The van der Waals surface area contributed by atoms with Gasteiger partial charge < -0.3 is 4.74 Å². The van der Waals surface area contributed by atoms with Gasteiger partial charge >= 0.3 is 0 Å². The number of carbonyl (C=O) groups excluding carboxylic acids is 1. The number of thioether (sulfide) groups is 1. The average molecular weight is 404 g/mol. The van der Waals surface area contributed by atoms with Crippen molar-refractivity contribution in [3.8, 4) is 11.5 Å². The lowest BCUT2D eigenvalue weighted by molar-refractivity contribution is -0.122. The first kappa shape index (κ1) is 18.5. The fraction of sp³-hybridized carbons (Fsp3) is 0.0435. The Morgan fingerprint density at radius 2 is 1.57 bits per heavy atom. The van der Waals surface area contributed by atoms with E-state index < -0.39 is 0 Å². The van der Waals surface area contributed by atoms with Crippen molar-refractivity contribution >= 4 is 40.3 Å². The monoisotopic (exact) mass is 403 g/mol. The Morgan fingerprint density at radius 3 is 2.32 bits per heavy atom. The van der Waals surface area contributed by atoms with Crippen molar-refractivity contribution in [1.82, 2.24) is 4.90 Å². The van der Waals surface area contributed by atoms with Crippen LogP contribution in [0.1, 0.15) is 11.1 Å². The molecule has 1 fully saturated rings. The Balaban J connectivity index is 1.52. The standard InChI is InChI=1S/C23H17NO2S2/c25-22-21(28-23(27)24(22)16-17-8-3-1-4-9-17)15-18-10-7-13-20(14-18)26-19-11-5-2-6-12-19/h1-15H,16H2/b21-15+. The van der Waals surface area contributed by atoms with Crippen LogP contribution in [-0.4, -0.2) is 15.1 Å². The van der Waals surface area contributed by atoms with Gasteiger partial charge in [-0.05, 0) is 41.5 Å². The van der Waals surface area contributed by atoms with E-state index in [4.69, 9.17) is 17.0 Å². The molecule has 3 aromatic carbocycles. The minimum absolute atomic E-state index is 0.0618. The molecule has 1 aliphatic rings. The van der Waals surface area contributed by atoms with Crippen LogP contribution < -0.4 is 4.74 Å². The number of hydrogen-bond donors (Lipinski definition) is 0. The van der Waals surface area contributed by atoms with E-state index in [0.717, 1.165) is 22.6 Å². The summed E-state index contributed by atoms with van der Waals surface area (Å²) >= 11 is 6.76. The van der Waals surface area contributed by atoms with Gasteiger partial charge in [0, 0.05) is 0 Å². The number of nitrogens with zero attached hydrogens (tertiary/aromatic N) is 1. The molecule has 3 nitrogen and oxygen atoms in total. The van der Waals surface area contributed by atoms with Crippen LogP contribution in [0.4, 0.5) is 0 Å². The second-order valence-electron chi connectivity index (χ2n) is 6.24. The molecule has 0 aromatic heterocycles. The zero-order valence-corrected chi connectivity index (χ0v) is 16.6. The van der Waals surface area contributed by atoms with Crippen LogP contribution >= 0.6 is 24.0 Å². The third kappa shape index (κ3) is 4.32. The number of thiocarbonyl (C=S) groups is 1. The molecular formula is C23H17NO2S2. The maximum absolute atomic E-state index is 12.8. The van der Waals surface area contributed by atoms with E-state index in [1.165, 1.54) is 11.8 Å². The molecular weight excluding hydrogens is 386 g/mol. The number of benzene rings is 3. The Hall–Kier alpha value is -2.89. The number of hydrogen-bond acceptors (Lipinski definition) is 4. The maximum Gasteiger partial charge on any atom is 0.266 e. The zero-order chi connectivity index (χ0) is 19.3. The number of para-hydroxylation sites is 1. The minimum atomic E-state index is -0.0618. The van der Waals surface area contributed by atoms with Gasteiger partial charge in [-0.15, -0.1) is 0 Å². The van der Waals surface area contributed by atoms with Gasteiger partial charge in [0.25, 0.3) is 5.91 Å². The summed E-state index contributed by atoms with van der Waals surface area (Å²) in [4.78, 5) is 15.1. The van der Waals surface area contributed by atoms with Gasteiger partial charge in [-0.2, -0.15) is 0 Å². The first-order valence-corrected chi connectivity index (χ1v) is 10.0. The third-order valence-corrected chi connectivity index (χ3v) is 5.57. The van der Waals surface area contributed by atoms with Crippen LogP contribution in [0.2, 0.25) is 0 Å². The van der Waals surface area contributed by atoms with Crippen LogP contribution in [0.5, 0.6) is 11.5 Å². The van der Waals surface area contributed by atoms with E-state index in [-0.39, 0.29) is 5.91 Å². The molecule has 0 unspecified atom stereocenters. The lowest BCUT2D eigenvalue weighted by Gasteiger charge is -2.14. The Morgan fingerprint density at radius 1 is 0.893 bits per heavy atom. The highest BCUT2D eigenvalue weighted by atomic mass is 32.2. The van der Waals surface area contributed by atoms with Gasteiger partial charge in [0.1, 0.15) is 15.8 Å². The predicted molar refractivity (Wildman–Crippen MR) is 118 cm³/mol. The lowest BCUT2D eigenvalue weighted by Crippen LogP contribution is -2.27. The van der Waals surface area contributed by atoms with E-state index in [2.05, 4.69) is 0 Å². The van der Waals surface area contributed by atoms with E-state index in [0.29, 0.717) is 15.8 Å². The third-order valence-electron chi connectivity index (χ3n) is 4.19. The van der Waals surface area contributed by atoms with Crippen molar-refractivity contribution in [3.63, 3.8) is 0 Å². The van der Waals surface area contributed by atoms with E-state index in [9.17, 15) is 4.79 Å². The fourth-order valence-electron chi connectivity index (χ4n) is 2.85. The molecule has 1 saturated heterocycles. The Labute approximate surface area is 173 Å². The number of rotatable bonds is 5. The fourth-order valence-corrected chi connectivity index (χ4v) is 4.10. The largest absolute Gasteiger partial charge is 0.457 e. The molecule has 4 rings (SSSR count). The topological polar surface area (TPSA) is 29.5 Å². The number of ether oxygens (including phenoxy) is 1. The van der Waals surface area contributed by atoms with Crippen molar-refractivity contribution < 1.29 is 9.53 Å². The highest BCUT2D eigenvalue weighted by Crippen LogP contribution is 2.34. The first-order valence-electron chi connectivity index (χ1n) is 8.81. The summed E-state index contributed by atoms with van der Waals surface area (Å²) < 4.78 is 6.45. The molecule has 0 spiro atoms. The molecule has 0 aliphatic carbocycles. The van der Waals surface area contributed by atoms with Crippen LogP contribution in [0.25, 0.3) is 6.08 Å².